The lowest BCUT2D eigenvalue weighted by Crippen LogP contribution is -2.42. The number of ether oxygens (including phenoxy) is 3. The van der Waals surface area contributed by atoms with E-state index in [0.29, 0.717) is 12.2 Å². The largest absolute Gasteiger partial charge is 0.379 e. The second kappa shape index (κ2) is 6.99. The van der Waals surface area contributed by atoms with Crippen molar-refractivity contribution in [1.82, 2.24) is 9.80 Å². The van der Waals surface area contributed by atoms with Gasteiger partial charge in [-0.2, -0.15) is 0 Å². The zero-order valence-corrected chi connectivity index (χ0v) is 11.8. The molecule has 0 aromatic heterocycles. The molecule has 0 aromatic carbocycles. The summed E-state index contributed by atoms with van der Waals surface area (Å²) in [6.45, 7) is 9.94. The Hall–Kier alpha value is -0.200. The van der Waals surface area contributed by atoms with Crippen LogP contribution in [0.25, 0.3) is 0 Å². The summed E-state index contributed by atoms with van der Waals surface area (Å²) in [6.07, 6.45) is 3.30. The normalized spacial score (nSPS) is 34.7. The molecule has 19 heavy (non-hydrogen) atoms. The van der Waals surface area contributed by atoms with Gasteiger partial charge in [0.1, 0.15) is 0 Å². The summed E-state index contributed by atoms with van der Waals surface area (Å²) in [6, 6.07) is 0. The highest BCUT2D eigenvalue weighted by atomic mass is 16.5. The van der Waals surface area contributed by atoms with Gasteiger partial charge in [-0.1, -0.05) is 0 Å². The van der Waals surface area contributed by atoms with E-state index in [1.807, 2.05) is 0 Å². The van der Waals surface area contributed by atoms with Gasteiger partial charge < -0.3 is 14.2 Å². The first-order chi connectivity index (χ1) is 9.40. The molecular formula is C14H26N2O3. The molecule has 5 heteroatoms. The molecule has 5 nitrogen and oxygen atoms in total. The van der Waals surface area contributed by atoms with E-state index < -0.39 is 0 Å². The third-order valence-corrected chi connectivity index (χ3v) is 4.33. The van der Waals surface area contributed by atoms with E-state index in [-0.39, 0.29) is 0 Å². The highest BCUT2D eigenvalue weighted by Gasteiger charge is 2.29. The lowest BCUT2D eigenvalue weighted by Gasteiger charge is -2.30. The zero-order valence-electron chi connectivity index (χ0n) is 11.8. The maximum atomic E-state index is 6.20. The van der Waals surface area contributed by atoms with Gasteiger partial charge in [-0.05, 0) is 12.8 Å². The lowest BCUT2D eigenvalue weighted by molar-refractivity contribution is -0.0311. The SMILES string of the molecule is C1CN(C[C@H]2CC[C@@H](CN3CCOCC3)O2)CCO1. The monoisotopic (exact) mass is 270 g/mol. The molecule has 0 N–H and O–H groups in total. The summed E-state index contributed by atoms with van der Waals surface area (Å²) in [5.74, 6) is 0. The molecule has 3 aliphatic heterocycles. The maximum Gasteiger partial charge on any atom is 0.0707 e. The Morgan fingerprint density at radius 2 is 1.11 bits per heavy atom. The molecule has 0 aromatic rings. The van der Waals surface area contributed by atoms with Crippen LogP contribution < -0.4 is 0 Å². The van der Waals surface area contributed by atoms with Crippen LogP contribution in [0.3, 0.4) is 0 Å². The standard InChI is InChI=1S/C14H26N2O3/c1-2-14(12-16-5-9-18-10-6-16)19-13(1)11-15-3-7-17-8-4-15/h13-14H,1-12H2/t13-,14+. The van der Waals surface area contributed by atoms with Gasteiger partial charge in [-0.3, -0.25) is 9.80 Å². The number of hydrogen-bond acceptors (Lipinski definition) is 5. The first kappa shape index (κ1) is 13.8. The second-order valence-corrected chi connectivity index (χ2v) is 5.78. The van der Waals surface area contributed by atoms with Crippen LogP contribution in [0, 0.1) is 0 Å². The van der Waals surface area contributed by atoms with Crippen molar-refractivity contribution in [3.63, 3.8) is 0 Å². The predicted molar refractivity (Wildman–Crippen MR) is 72.4 cm³/mol. The molecule has 0 aliphatic carbocycles. The quantitative estimate of drug-likeness (QED) is 0.729. The molecule has 3 heterocycles. The molecule has 3 aliphatic rings. The summed E-state index contributed by atoms with van der Waals surface area (Å²) in [5, 5.41) is 0. The van der Waals surface area contributed by atoms with Gasteiger partial charge in [0.05, 0.1) is 38.6 Å². The fraction of sp³-hybridized carbons (Fsp3) is 1.00. The van der Waals surface area contributed by atoms with Crippen LogP contribution in [-0.2, 0) is 14.2 Å². The van der Waals surface area contributed by atoms with Crippen LogP contribution in [0.15, 0.2) is 0 Å². The Balaban J connectivity index is 1.37. The van der Waals surface area contributed by atoms with Crippen LogP contribution in [0.4, 0.5) is 0 Å². The van der Waals surface area contributed by atoms with E-state index in [0.717, 1.165) is 65.7 Å². The van der Waals surface area contributed by atoms with E-state index >= 15 is 0 Å². The molecular weight excluding hydrogens is 244 g/mol. The van der Waals surface area contributed by atoms with Crippen molar-refractivity contribution in [2.45, 2.75) is 25.0 Å². The topological polar surface area (TPSA) is 34.2 Å². The predicted octanol–water partition coefficient (Wildman–Crippen LogP) is 0.198. The van der Waals surface area contributed by atoms with Crippen molar-refractivity contribution in [3.05, 3.63) is 0 Å². The summed E-state index contributed by atoms with van der Waals surface area (Å²) in [4.78, 5) is 4.95. The van der Waals surface area contributed by atoms with Gasteiger partial charge in [0, 0.05) is 39.3 Å². The Labute approximate surface area is 115 Å². The molecule has 0 amide bonds. The van der Waals surface area contributed by atoms with E-state index in [4.69, 9.17) is 14.2 Å². The summed E-state index contributed by atoms with van der Waals surface area (Å²) in [5.41, 5.74) is 0. The number of rotatable bonds is 4. The smallest absolute Gasteiger partial charge is 0.0707 e. The number of nitrogens with zero attached hydrogens (tertiary/aromatic N) is 2. The Bertz CT molecular complexity index is 239. The van der Waals surface area contributed by atoms with Crippen LogP contribution >= 0.6 is 0 Å². The molecule has 0 spiro atoms. The van der Waals surface area contributed by atoms with Crippen LogP contribution in [0.2, 0.25) is 0 Å². The molecule has 110 valence electrons. The highest BCUT2D eigenvalue weighted by Crippen LogP contribution is 2.22. The third-order valence-electron chi connectivity index (χ3n) is 4.33. The van der Waals surface area contributed by atoms with Crippen molar-refractivity contribution >= 4 is 0 Å². The van der Waals surface area contributed by atoms with Crippen LogP contribution in [-0.4, -0.2) is 87.7 Å². The Morgan fingerprint density at radius 3 is 1.53 bits per heavy atom. The van der Waals surface area contributed by atoms with Gasteiger partial charge in [-0.25, -0.2) is 0 Å². The Morgan fingerprint density at radius 1 is 0.684 bits per heavy atom. The first-order valence-electron chi connectivity index (χ1n) is 7.66. The van der Waals surface area contributed by atoms with Crippen molar-refractivity contribution in [2.75, 3.05) is 65.7 Å². The number of hydrogen-bond donors (Lipinski definition) is 0. The van der Waals surface area contributed by atoms with Crippen molar-refractivity contribution in [2.24, 2.45) is 0 Å². The van der Waals surface area contributed by atoms with Gasteiger partial charge in [-0.15, -0.1) is 0 Å². The second-order valence-electron chi connectivity index (χ2n) is 5.78. The third kappa shape index (κ3) is 4.13. The van der Waals surface area contributed by atoms with Crippen LogP contribution in [0.1, 0.15) is 12.8 Å². The molecule has 0 radical (unpaired) electrons. The molecule has 3 fully saturated rings. The van der Waals surface area contributed by atoms with Crippen molar-refractivity contribution in [3.8, 4) is 0 Å². The fourth-order valence-electron chi connectivity index (χ4n) is 3.19. The lowest BCUT2D eigenvalue weighted by atomic mass is 10.1. The summed E-state index contributed by atoms with van der Waals surface area (Å²) >= 11 is 0. The van der Waals surface area contributed by atoms with Gasteiger partial charge in [0.25, 0.3) is 0 Å². The van der Waals surface area contributed by atoms with Crippen LogP contribution in [0.5, 0.6) is 0 Å². The molecule has 0 bridgehead atoms. The maximum absolute atomic E-state index is 6.20. The molecule has 3 saturated heterocycles. The molecule has 2 atom stereocenters. The average molecular weight is 270 g/mol. The fourth-order valence-corrected chi connectivity index (χ4v) is 3.19. The summed E-state index contributed by atoms with van der Waals surface area (Å²) in [7, 11) is 0. The average Bonchev–Trinajstić information content (AvgIpc) is 2.88. The Kier molecular flexibility index (Phi) is 5.07. The van der Waals surface area contributed by atoms with Gasteiger partial charge in [0.2, 0.25) is 0 Å². The minimum Gasteiger partial charge on any atom is -0.379 e. The van der Waals surface area contributed by atoms with Crippen molar-refractivity contribution in [1.29, 1.82) is 0 Å². The van der Waals surface area contributed by atoms with E-state index in [1.165, 1.54) is 12.8 Å². The van der Waals surface area contributed by atoms with E-state index in [1.54, 1.807) is 0 Å². The van der Waals surface area contributed by atoms with E-state index in [2.05, 4.69) is 9.80 Å². The molecule has 0 saturated carbocycles. The van der Waals surface area contributed by atoms with Crippen molar-refractivity contribution < 1.29 is 14.2 Å². The highest BCUT2D eigenvalue weighted by molar-refractivity contribution is 4.80. The zero-order chi connectivity index (χ0) is 12.9. The minimum atomic E-state index is 0.434. The molecule has 3 rings (SSSR count). The minimum absolute atomic E-state index is 0.434. The number of morpholine rings is 2. The van der Waals surface area contributed by atoms with Gasteiger partial charge >= 0.3 is 0 Å². The van der Waals surface area contributed by atoms with E-state index in [9.17, 15) is 0 Å². The van der Waals surface area contributed by atoms with Gasteiger partial charge in [0.15, 0.2) is 0 Å². The first-order valence-corrected chi connectivity index (χ1v) is 7.66. The molecule has 0 unspecified atom stereocenters. The summed E-state index contributed by atoms with van der Waals surface area (Å²) < 4.78 is 17.0.